The van der Waals surface area contributed by atoms with Crippen LogP contribution in [0.2, 0.25) is 0 Å². The fourth-order valence-corrected chi connectivity index (χ4v) is 1.04. The highest BCUT2D eigenvalue weighted by molar-refractivity contribution is 5.86. The number of hydrogen-bond donors (Lipinski definition) is 1. The second kappa shape index (κ2) is 4.76. The molecule has 0 saturated heterocycles. The average molecular weight is 198 g/mol. The molecule has 78 valence electrons. The van der Waals surface area contributed by atoms with Gasteiger partial charge in [0.2, 0.25) is 0 Å². The lowest BCUT2D eigenvalue weighted by Crippen LogP contribution is -2.10. The molecule has 0 aliphatic heterocycles. The van der Waals surface area contributed by atoms with Crippen LogP contribution in [-0.2, 0) is 15.9 Å². The van der Waals surface area contributed by atoms with Crippen molar-refractivity contribution in [3.05, 3.63) is 17.7 Å². The van der Waals surface area contributed by atoms with Crippen molar-refractivity contribution >= 4 is 5.97 Å². The minimum absolute atomic E-state index is 0.0756. The van der Waals surface area contributed by atoms with Crippen molar-refractivity contribution in [3.63, 3.8) is 0 Å². The van der Waals surface area contributed by atoms with Crippen LogP contribution >= 0.6 is 0 Å². The number of ether oxygens (including phenoxy) is 2. The highest BCUT2D eigenvalue weighted by Gasteiger charge is 2.10. The second-order valence-electron chi connectivity index (χ2n) is 2.99. The number of imidazole rings is 1. The zero-order valence-electron chi connectivity index (χ0n) is 8.53. The fourth-order valence-electron chi connectivity index (χ4n) is 1.04. The zero-order valence-corrected chi connectivity index (χ0v) is 8.53. The van der Waals surface area contributed by atoms with Gasteiger partial charge in [-0.2, -0.15) is 0 Å². The average Bonchev–Trinajstić information content (AvgIpc) is 2.65. The van der Waals surface area contributed by atoms with Crippen LogP contribution in [0.4, 0.5) is 0 Å². The van der Waals surface area contributed by atoms with Crippen molar-refractivity contribution in [3.8, 4) is 0 Å². The van der Waals surface area contributed by atoms with Gasteiger partial charge in [0.05, 0.1) is 19.4 Å². The number of hydrogen-bond acceptors (Lipinski definition) is 4. The van der Waals surface area contributed by atoms with E-state index in [2.05, 4.69) is 14.7 Å². The van der Waals surface area contributed by atoms with Gasteiger partial charge in [0.15, 0.2) is 0 Å². The maximum absolute atomic E-state index is 11.1. The number of aromatic amines is 1. The monoisotopic (exact) mass is 198 g/mol. The Balaban J connectivity index is 2.63. The lowest BCUT2D eigenvalue weighted by atomic mass is 10.3. The molecule has 5 heteroatoms. The van der Waals surface area contributed by atoms with Gasteiger partial charge in [0.1, 0.15) is 11.5 Å². The molecule has 5 nitrogen and oxygen atoms in total. The predicted molar refractivity (Wildman–Crippen MR) is 50.1 cm³/mol. The van der Waals surface area contributed by atoms with Crippen molar-refractivity contribution in [2.75, 3.05) is 14.2 Å². The number of esters is 1. The molecule has 0 aliphatic carbocycles. The molecule has 0 aliphatic rings. The summed E-state index contributed by atoms with van der Waals surface area (Å²) in [4.78, 5) is 18.0. The molecule has 0 aromatic carbocycles. The van der Waals surface area contributed by atoms with Crippen molar-refractivity contribution < 1.29 is 14.3 Å². The number of carbonyl (C=O) groups is 1. The lowest BCUT2D eigenvalue weighted by Gasteiger charge is -2.05. The number of carbonyl (C=O) groups excluding carboxylic acids is 1. The highest BCUT2D eigenvalue weighted by atomic mass is 16.5. The Labute approximate surface area is 82.4 Å². The van der Waals surface area contributed by atoms with Gasteiger partial charge in [-0.25, -0.2) is 9.78 Å². The van der Waals surface area contributed by atoms with Crippen LogP contribution in [0.15, 0.2) is 6.20 Å². The third-order valence-electron chi connectivity index (χ3n) is 1.92. The summed E-state index contributed by atoms with van der Waals surface area (Å²) in [5.41, 5.74) is 0.366. The number of rotatable bonds is 4. The van der Waals surface area contributed by atoms with Crippen LogP contribution in [-0.4, -0.2) is 36.3 Å². The van der Waals surface area contributed by atoms with E-state index in [4.69, 9.17) is 4.74 Å². The maximum atomic E-state index is 11.1. The third-order valence-corrected chi connectivity index (χ3v) is 1.92. The van der Waals surface area contributed by atoms with E-state index in [0.29, 0.717) is 12.1 Å². The van der Waals surface area contributed by atoms with E-state index in [-0.39, 0.29) is 6.10 Å². The first kappa shape index (κ1) is 10.7. The quantitative estimate of drug-likeness (QED) is 0.726. The number of nitrogens with one attached hydrogen (secondary N) is 1. The summed E-state index contributed by atoms with van der Waals surface area (Å²) in [6.07, 6.45) is 2.18. The third kappa shape index (κ3) is 2.56. The van der Waals surface area contributed by atoms with Gasteiger partial charge < -0.3 is 14.5 Å². The molecule has 1 N–H and O–H groups in total. The number of aromatic nitrogens is 2. The number of nitrogens with zero attached hydrogens (tertiary/aromatic N) is 1. The minimum atomic E-state index is -0.409. The van der Waals surface area contributed by atoms with E-state index in [1.165, 1.54) is 13.3 Å². The van der Waals surface area contributed by atoms with Gasteiger partial charge >= 0.3 is 5.97 Å². The van der Waals surface area contributed by atoms with Crippen molar-refractivity contribution in [1.82, 2.24) is 9.97 Å². The van der Waals surface area contributed by atoms with E-state index < -0.39 is 5.97 Å². The number of methoxy groups -OCH3 is 2. The van der Waals surface area contributed by atoms with E-state index in [0.717, 1.165) is 5.82 Å². The normalized spacial score (nSPS) is 12.5. The van der Waals surface area contributed by atoms with Gasteiger partial charge in [-0.15, -0.1) is 0 Å². The molecule has 0 amide bonds. The molecule has 1 atom stereocenters. The van der Waals surface area contributed by atoms with Crippen LogP contribution < -0.4 is 0 Å². The molecular formula is C9H14N2O3. The van der Waals surface area contributed by atoms with Crippen LogP contribution in [0.5, 0.6) is 0 Å². The molecule has 1 rings (SSSR count). The lowest BCUT2D eigenvalue weighted by molar-refractivity contribution is 0.0594. The molecule has 1 aromatic rings. The van der Waals surface area contributed by atoms with Gasteiger partial charge in [-0.1, -0.05) is 0 Å². The highest BCUT2D eigenvalue weighted by Crippen LogP contribution is 2.03. The summed E-state index contributed by atoms with van der Waals surface area (Å²) in [6, 6.07) is 0. The second-order valence-corrected chi connectivity index (χ2v) is 2.99. The summed E-state index contributed by atoms with van der Waals surface area (Å²) in [7, 11) is 2.97. The van der Waals surface area contributed by atoms with Crippen LogP contribution in [0, 0.1) is 0 Å². The van der Waals surface area contributed by atoms with Crippen LogP contribution in [0.25, 0.3) is 0 Å². The molecular weight excluding hydrogens is 184 g/mol. The molecule has 1 unspecified atom stereocenters. The van der Waals surface area contributed by atoms with Crippen LogP contribution in [0.3, 0.4) is 0 Å². The van der Waals surface area contributed by atoms with Gasteiger partial charge in [-0.3, -0.25) is 0 Å². The van der Waals surface area contributed by atoms with E-state index >= 15 is 0 Å². The van der Waals surface area contributed by atoms with Crippen molar-refractivity contribution in [1.29, 1.82) is 0 Å². The molecule has 14 heavy (non-hydrogen) atoms. The first-order valence-electron chi connectivity index (χ1n) is 4.32. The maximum Gasteiger partial charge on any atom is 0.356 e. The standard InChI is InChI=1S/C9H14N2O3/c1-6(13-2)4-8-10-5-7(11-8)9(12)14-3/h5-6H,4H2,1-3H3,(H,10,11). The SMILES string of the molecule is COC(=O)c1cnc(CC(C)OC)[nH]1. The smallest absolute Gasteiger partial charge is 0.356 e. The molecule has 0 spiro atoms. The van der Waals surface area contributed by atoms with Crippen molar-refractivity contribution in [2.45, 2.75) is 19.4 Å². The molecule has 1 heterocycles. The molecule has 0 fully saturated rings. The Morgan fingerprint density at radius 3 is 2.93 bits per heavy atom. The number of H-pyrrole nitrogens is 1. The predicted octanol–water partition coefficient (Wildman–Crippen LogP) is 0.774. The first-order valence-corrected chi connectivity index (χ1v) is 4.32. The summed E-state index contributed by atoms with van der Waals surface area (Å²) in [6.45, 7) is 1.93. The Morgan fingerprint density at radius 1 is 1.64 bits per heavy atom. The Hall–Kier alpha value is -1.36. The van der Waals surface area contributed by atoms with E-state index in [1.807, 2.05) is 6.92 Å². The molecule has 1 aromatic heterocycles. The largest absolute Gasteiger partial charge is 0.464 e. The summed E-state index contributed by atoms with van der Waals surface area (Å²) >= 11 is 0. The van der Waals surface area contributed by atoms with Gasteiger partial charge in [0.25, 0.3) is 0 Å². The molecule has 0 saturated carbocycles. The van der Waals surface area contributed by atoms with Gasteiger partial charge in [0, 0.05) is 13.5 Å². The Morgan fingerprint density at radius 2 is 2.36 bits per heavy atom. The van der Waals surface area contributed by atoms with Crippen LogP contribution in [0.1, 0.15) is 23.2 Å². The Kier molecular flexibility index (Phi) is 3.64. The fraction of sp³-hybridized carbons (Fsp3) is 0.556. The summed E-state index contributed by atoms with van der Waals surface area (Å²) in [5, 5.41) is 0. The van der Waals surface area contributed by atoms with E-state index in [9.17, 15) is 4.79 Å². The first-order chi connectivity index (χ1) is 6.67. The Bertz CT molecular complexity index is 309. The summed E-state index contributed by atoms with van der Waals surface area (Å²) < 4.78 is 9.61. The molecule has 0 radical (unpaired) electrons. The zero-order chi connectivity index (χ0) is 10.6. The summed E-state index contributed by atoms with van der Waals surface area (Å²) in [5.74, 6) is 0.313. The minimum Gasteiger partial charge on any atom is -0.464 e. The van der Waals surface area contributed by atoms with Crippen molar-refractivity contribution in [2.24, 2.45) is 0 Å². The van der Waals surface area contributed by atoms with E-state index in [1.54, 1.807) is 7.11 Å². The topological polar surface area (TPSA) is 64.2 Å². The van der Waals surface area contributed by atoms with Gasteiger partial charge in [-0.05, 0) is 6.92 Å². The molecule has 0 bridgehead atoms.